The molecule has 0 unspecified atom stereocenters. The minimum atomic E-state index is -3.59. The van der Waals surface area contributed by atoms with Gasteiger partial charge in [-0.2, -0.15) is 4.31 Å². The molecule has 2 atom stereocenters. The van der Waals surface area contributed by atoms with Crippen molar-refractivity contribution in [1.29, 1.82) is 0 Å². The lowest BCUT2D eigenvalue weighted by molar-refractivity contribution is -0.121. The van der Waals surface area contributed by atoms with E-state index in [1.165, 1.54) is 10.4 Å². The largest absolute Gasteiger partial charge is 0.371 e. The summed E-state index contributed by atoms with van der Waals surface area (Å²) in [5, 5.41) is 3.09. The normalized spacial score (nSPS) is 24.3. The van der Waals surface area contributed by atoms with Gasteiger partial charge in [0.15, 0.2) is 0 Å². The first-order valence-electron chi connectivity index (χ1n) is 11.7. The molecule has 1 aromatic carbocycles. The van der Waals surface area contributed by atoms with Crippen molar-refractivity contribution < 1.29 is 22.8 Å². The number of amides is 1. The first-order valence-corrected chi connectivity index (χ1v) is 14.4. The van der Waals surface area contributed by atoms with E-state index in [9.17, 15) is 13.2 Å². The highest BCUT2D eigenvalue weighted by Gasteiger charge is 2.43. The minimum Gasteiger partial charge on any atom is -0.371 e. The Bertz CT molecular complexity index is 1190. The number of nitrogens with zero attached hydrogens (tertiary/aromatic N) is 1. The number of hydrogen-bond donors (Lipinski definition) is 2. The molecule has 3 aliphatic rings. The average Bonchev–Trinajstić information content (AvgIpc) is 3.60. The second kappa shape index (κ2) is 10.2. The Balaban J connectivity index is 1.16. The summed E-state index contributed by atoms with van der Waals surface area (Å²) in [6.07, 6.45) is 5.42. The Morgan fingerprint density at radius 1 is 1.20 bits per heavy atom. The van der Waals surface area contributed by atoms with E-state index in [4.69, 9.17) is 21.2 Å². The molecule has 1 saturated heterocycles. The number of thiophene rings is 1. The average molecular weight is 538 g/mol. The van der Waals surface area contributed by atoms with Gasteiger partial charge in [-0.25, -0.2) is 8.42 Å². The zero-order valence-corrected chi connectivity index (χ0v) is 21.5. The number of hydroxylamine groups is 1. The van der Waals surface area contributed by atoms with E-state index in [0.29, 0.717) is 42.6 Å². The Morgan fingerprint density at radius 3 is 2.69 bits per heavy atom. The highest BCUT2D eigenvalue weighted by atomic mass is 35.5. The van der Waals surface area contributed by atoms with Crippen molar-refractivity contribution in [2.45, 2.75) is 60.7 Å². The summed E-state index contributed by atoms with van der Waals surface area (Å²) in [6.45, 7) is 1.11. The van der Waals surface area contributed by atoms with Gasteiger partial charge in [0.05, 0.1) is 23.1 Å². The van der Waals surface area contributed by atoms with Gasteiger partial charge in [-0.3, -0.25) is 15.1 Å². The maximum atomic E-state index is 13.0. The van der Waals surface area contributed by atoms with E-state index in [2.05, 4.69) is 10.8 Å². The predicted octanol–water partition coefficient (Wildman–Crippen LogP) is 3.60. The molecule has 2 aliphatic heterocycles. The first kappa shape index (κ1) is 24.7. The van der Waals surface area contributed by atoms with Crippen LogP contribution >= 0.6 is 22.9 Å². The maximum absolute atomic E-state index is 13.0. The third kappa shape index (κ3) is 5.42. The van der Waals surface area contributed by atoms with Crippen molar-refractivity contribution in [2.75, 3.05) is 13.1 Å². The molecule has 1 amide bonds. The predicted molar refractivity (Wildman–Crippen MR) is 133 cm³/mol. The van der Waals surface area contributed by atoms with Crippen molar-refractivity contribution in [3.8, 4) is 0 Å². The summed E-state index contributed by atoms with van der Waals surface area (Å²) in [5.41, 5.74) is 3.54. The van der Waals surface area contributed by atoms with Crippen LogP contribution in [0.1, 0.15) is 37.7 Å². The van der Waals surface area contributed by atoms with Crippen LogP contribution in [-0.2, 0) is 31.0 Å². The fourth-order valence-corrected chi connectivity index (χ4v) is 7.90. The Hall–Kier alpha value is -1.95. The molecule has 2 N–H and O–H groups in total. The standard InChI is InChI=1S/C24H28ClN3O5S2/c25-21-9-10-22(34-21)35(30,31)28-13-11-24(12-14-28)15-19(27-33-24)23(29)26-18-7-4-8-20(18)32-16-17-5-2-1-3-6-17/h1-3,5-6,9-10,15,18,20,27H,4,7-8,11-14,16H2,(H,26,29)/t18-,20-/m1/s1. The van der Waals surface area contributed by atoms with Gasteiger partial charge in [0.2, 0.25) is 0 Å². The molecule has 5 rings (SSSR count). The molecular weight excluding hydrogens is 510 g/mol. The molecule has 3 heterocycles. The first-order chi connectivity index (χ1) is 16.8. The highest BCUT2D eigenvalue weighted by Crippen LogP contribution is 2.36. The van der Waals surface area contributed by atoms with Crippen LogP contribution in [0.25, 0.3) is 0 Å². The molecule has 1 saturated carbocycles. The monoisotopic (exact) mass is 537 g/mol. The van der Waals surface area contributed by atoms with E-state index in [0.717, 1.165) is 36.2 Å². The molecule has 35 heavy (non-hydrogen) atoms. The zero-order valence-electron chi connectivity index (χ0n) is 19.1. The quantitative estimate of drug-likeness (QED) is 0.560. The van der Waals surface area contributed by atoms with Crippen molar-refractivity contribution in [3.63, 3.8) is 0 Å². The number of piperidine rings is 1. The van der Waals surface area contributed by atoms with Crippen LogP contribution in [0.2, 0.25) is 4.34 Å². The molecule has 1 aliphatic carbocycles. The molecule has 2 aromatic rings. The van der Waals surface area contributed by atoms with Gasteiger partial charge in [0.25, 0.3) is 15.9 Å². The molecule has 188 valence electrons. The number of nitrogens with one attached hydrogen (secondary N) is 2. The van der Waals surface area contributed by atoms with Gasteiger partial charge < -0.3 is 10.1 Å². The number of rotatable bonds is 7. The third-order valence-electron chi connectivity index (χ3n) is 6.80. The van der Waals surface area contributed by atoms with Crippen LogP contribution < -0.4 is 10.8 Å². The van der Waals surface area contributed by atoms with Gasteiger partial charge in [-0.05, 0) is 55.9 Å². The van der Waals surface area contributed by atoms with Crippen molar-refractivity contribution >= 4 is 38.9 Å². The molecule has 0 bridgehead atoms. The maximum Gasteiger partial charge on any atom is 0.269 e. The second-order valence-electron chi connectivity index (χ2n) is 9.14. The number of carbonyl (C=O) groups excluding carboxylic acids is 1. The molecule has 11 heteroatoms. The van der Waals surface area contributed by atoms with E-state index in [-0.39, 0.29) is 22.3 Å². The van der Waals surface area contributed by atoms with E-state index in [1.54, 1.807) is 12.1 Å². The van der Waals surface area contributed by atoms with Crippen molar-refractivity contribution in [1.82, 2.24) is 15.1 Å². The van der Waals surface area contributed by atoms with E-state index < -0.39 is 15.6 Å². The van der Waals surface area contributed by atoms with Crippen LogP contribution in [-0.4, -0.2) is 49.5 Å². The molecule has 0 radical (unpaired) electrons. The zero-order chi connectivity index (χ0) is 24.5. The summed E-state index contributed by atoms with van der Waals surface area (Å²) in [6, 6.07) is 13.1. The fourth-order valence-electron chi connectivity index (χ4n) is 4.82. The van der Waals surface area contributed by atoms with E-state index >= 15 is 0 Å². The fraction of sp³-hybridized carbons (Fsp3) is 0.458. The molecule has 2 fully saturated rings. The molecule has 8 nitrogen and oxygen atoms in total. The lowest BCUT2D eigenvalue weighted by atomic mass is 9.92. The summed E-state index contributed by atoms with van der Waals surface area (Å²) in [5.74, 6) is -0.231. The van der Waals surface area contributed by atoms with Crippen LogP contribution in [0.15, 0.2) is 58.4 Å². The molecule has 1 spiro atoms. The van der Waals surface area contributed by atoms with Crippen molar-refractivity contribution in [3.05, 3.63) is 64.1 Å². The summed E-state index contributed by atoms with van der Waals surface area (Å²) in [7, 11) is -3.59. The number of halogens is 1. The Labute approximate surface area is 214 Å². The SMILES string of the molecule is O=C(N[C@@H]1CCC[C@H]1OCc1ccccc1)C1=CC2(CCN(S(=O)(=O)c3ccc(Cl)s3)CC2)ON1. The van der Waals surface area contributed by atoms with Gasteiger partial charge in [-0.1, -0.05) is 41.9 Å². The van der Waals surface area contributed by atoms with Gasteiger partial charge >= 0.3 is 0 Å². The van der Waals surface area contributed by atoms with Gasteiger partial charge in [0.1, 0.15) is 15.5 Å². The number of sulfonamides is 1. The third-order valence-corrected chi connectivity index (χ3v) is 10.4. The summed E-state index contributed by atoms with van der Waals surface area (Å²) in [4.78, 5) is 18.8. The van der Waals surface area contributed by atoms with Crippen LogP contribution in [0.3, 0.4) is 0 Å². The smallest absolute Gasteiger partial charge is 0.269 e. The number of carbonyl (C=O) groups is 1. The highest BCUT2D eigenvalue weighted by molar-refractivity contribution is 7.91. The Morgan fingerprint density at radius 2 is 1.97 bits per heavy atom. The van der Waals surface area contributed by atoms with Gasteiger partial charge in [-0.15, -0.1) is 11.3 Å². The molecule has 1 aromatic heterocycles. The van der Waals surface area contributed by atoms with Crippen molar-refractivity contribution in [2.24, 2.45) is 0 Å². The number of ether oxygens (including phenoxy) is 1. The second-order valence-corrected chi connectivity index (χ2v) is 13.0. The van der Waals surface area contributed by atoms with Gasteiger partial charge in [0, 0.05) is 13.1 Å². The topological polar surface area (TPSA) is 97.0 Å². The van der Waals surface area contributed by atoms with Crippen LogP contribution in [0.5, 0.6) is 0 Å². The number of hydrogen-bond acceptors (Lipinski definition) is 7. The molecular formula is C24H28ClN3O5S2. The van der Waals surface area contributed by atoms with Crippen LogP contribution in [0.4, 0.5) is 0 Å². The summed E-state index contributed by atoms with van der Waals surface area (Å²) < 4.78 is 34.0. The minimum absolute atomic E-state index is 0.0322. The summed E-state index contributed by atoms with van der Waals surface area (Å²) >= 11 is 6.97. The Kier molecular flexibility index (Phi) is 7.20. The lowest BCUT2D eigenvalue weighted by Crippen LogP contribution is -2.46. The lowest BCUT2D eigenvalue weighted by Gasteiger charge is -2.35. The number of benzene rings is 1. The van der Waals surface area contributed by atoms with E-state index in [1.807, 2.05) is 30.3 Å². The van der Waals surface area contributed by atoms with Crippen LogP contribution in [0, 0.1) is 0 Å².